The molecular weight excluding hydrogens is 600 g/mol. The van der Waals surface area contributed by atoms with Crippen LogP contribution >= 0.6 is 7.47 Å². The SMILES string of the molecule is CCN(CC)CC.[B]P(=O)(OC[C@H]1O[C@@H](n2cc(C)c(=O)[nH]c2=O)C[C@@H]1O)O[C@H]1C[C@H](n2cc(C)c(=O)[nH]c2=O)O[C@@H]1CO. The highest BCUT2D eigenvalue weighted by molar-refractivity contribution is 7.79. The lowest BCUT2D eigenvalue weighted by molar-refractivity contribution is -0.0512. The van der Waals surface area contributed by atoms with Crippen LogP contribution in [0.1, 0.15) is 57.2 Å². The summed E-state index contributed by atoms with van der Waals surface area (Å²) in [6.45, 7) is 12.1. The summed E-state index contributed by atoms with van der Waals surface area (Å²) in [6, 6.07) is 0. The Morgan fingerprint density at radius 2 is 1.41 bits per heavy atom. The van der Waals surface area contributed by atoms with Crippen molar-refractivity contribution in [1.82, 2.24) is 24.0 Å². The molecule has 0 aliphatic carbocycles. The lowest BCUT2D eigenvalue weighted by atomic mass is 10.2. The largest absolute Gasteiger partial charge is 0.394 e. The molecule has 2 aromatic heterocycles. The average Bonchev–Trinajstić information content (AvgIpc) is 3.55. The molecule has 0 bridgehead atoms. The van der Waals surface area contributed by atoms with Gasteiger partial charge in [0.15, 0.2) is 0 Å². The van der Waals surface area contributed by atoms with Gasteiger partial charge in [-0.15, -0.1) is 0 Å². The lowest BCUT2D eigenvalue weighted by Gasteiger charge is -2.24. The normalized spacial score (nSPS) is 26.4. The van der Waals surface area contributed by atoms with E-state index in [0.29, 0.717) is 0 Å². The summed E-state index contributed by atoms with van der Waals surface area (Å²) >= 11 is 0. The van der Waals surface area contributed by atoms with Crippen LogP contribution in [0.5, 0.6) is 0 Å². The fourth-order valence-corrected chi connectivity index (χ4v) is 5.86. The zero-order valence-electron chi connectivity index (χ0n) is 25.5. The monoisotopic (exact) mass is 641 g/mol. The third-order valence-electron chi connectivity index (χ3n) is 7.52. The van der Waals surface area contributed by atoms with Gasteiger partial charge in [0.2, 0.25) is 7.57 Å². The maximum absolute atomic E-state index is 12.8. The van der Waals surface area contributed by atoms with E-state index in [2.05, 4.69) is 35.6 Å². The Balaban J connectivity index is 0.000000676. The highest BCUT2D eigenvalue weighted by atomic mass is 31.2. The van der Waals surface area contributed by atoms with E-state index >= 15 is 0 Å². The molecule has 2 aliphatic rings. The standard InChI is InChI=1S/C20H26BN4O11P.C6H15N/c1-9-5-24(19(30)22-17(9)28)15-3-11(27)14(35-15)8-33-37(21,32)36-12-4-16(34-13(12)7-26)25-6-10(2)18(29)23-20(25)31;1-4-7(5-2)6-3/h5-6,11-16,26-27H,3-4,7-8H2,1-2H3,(H,22,28,30)(H,23,29,31);4-6H2,1-3H3/t11-,12-,13+,14+,15+,16+,37?;/m0./s1. The first kappa shape index (κ1) is 35.8. The lowest BCUT2D eigenvalue weighted by Crippen LogP contribution is -2.33. The van der Waals surface area contributed by atoms with Crippen LogP contribution in [0.4, 0.5) is 0 Å². The number of nitrogens with zero attached hydrogens (tertiary/aromatic N) is 3. The van der Waals surface area contributed by atoms with Gasteiger partial charge in [0.25, 0.3) is 18.6 Å². The van der Waals surface area contributed by atoms with Crippen LogP contribution in [0.2, 0.25) is 0 Å². The number of aliphatic hydroxyl groups excluding tert-OH is 2. The Labute approximate surface area is 254 Å². The Kier molecular flexibility index (Phi) is 12.7. The van der Waals surface area contributed by atoms with Crippen LogP contribution < -0.4 is 22.5 Å². The zero-order valence-corrected chi connectivity index (χ0v) is 26.4. The quantitative estimate of drug-likeness (QED) is 0.184. The molecule has 2 fully saturated rings. The zero-order chi connectivity index (χ0) is 32.8. The molecule has 4 rings (SSSR count). The van der Waals surface area contributed by atoms with Gasteiger partial charge in [0.05, 0.1) is 25.4 Å². The van der Waals surface area contributed by atoms with Crippen LogP contribution in [0, 0.1) is 13.8 Å². The number of aromatic nitrogens is 4. The summed E-state index contributed by atoms with van der Waals surface area (Å²) < 4.78 is 37.0. The van der Waals surface area contributed by atoms with Crippen molar-refractivity contribution in [3.63, 3.8) is 0 Å². The summed E-state index contributed by atoms with van der Waals surface area (Å²) in [5, 5.41) is 20.0. The molecule has 7 atom stereocenters. The van der Waals surface area contributed by atoms with E-state index in [0.717, 1.165) is 9.13 Å². The summed E-state index contributed by atoms with van der Waals surface area (Å²) in [5.74, 6) is 0. The van der Waals surface area contributed by atoms with Gasteiger partial charge in [0, 0.05) is 36.4 Å². The number of nitrogens with one attached hydrogen (secondary N) is 2. The highest BCUT2D eigenvalue weighted by Gasteiger charge is 2.42. The molecule has 2 aliphatic heterocycles. The average molecular weight is 641 g/mol. The predicted molar refractivity (Wildman–Crippen MR) is 160 cm³/mol. The Morgan fingerprint density at radius 1 is 0.932 bits per heavy atom. The molecule has 0 spiro atoms. The maximum atomic E-state index is 12.8. The van der Waals surface area contributed by atoms with Gasteiger partial charge < -0.3 is 33.6 Å². The first-order chi connectivity index (χ1) is 20.7. The molecule has 244 valence electrons. The fraction of sp³-hybridized carbons (Fsp3) is 0.692. The minimum Gasteiger partial charge on any atom is -0.394 e. The summed E-state index contributed by atoms with van der Waals surface area (Å²) in [5.41, 5.74) is -2.01. The summed E-state index contributed by atoms with van der Waals surface area (Å²) in [6.07, 6.45) is -3.46. The van der Waals surface area contributed by atoms with Crippen LogP contribution in [-0.2, 0) is 23.1 Å². The first-order valence-electron chi connectivity index (χ1n) is 14.4. The minimum absolute atomic E-state index is 0.00673. The molecule has 2 saturated heterocycles. The number of aliphatic hydroxyl groups is 2. The topological polar surface area (TPSA) is 207 Å². The molecule has 1 unspecified atom stereocenters. The van der Waals surface area contributed by atoms with Gasteiger partial charge in [-0.3, -0.25) is 33.3 Å². The van der Waals surface area contributed by atoms with Crippen LogP contribution in [0.25, 0.3) is 0 Å². The summed E-state index contributed by atoms with van der Waals surface area (Å²) in [7, 11) is 1.45. The van der Waals surface area contributed by atoms with Crippen molar-refractivity contribution >= 4 is 15.0 Å². The van der Waals surface area contributed by atoms with E-state index in [1.165, 1.54) is 45.9 Å². The second kappa shape index (κ2) is 15.6. The highest BCUT2D eigenvalue weighted by Crippen LogP contribution is 2.48. The van der Waals surface area contributed by atoms with Crippen molar-refractivity contribution in [2.24, 2.45) is 0 Å². The molecule has 2 radical (unpaired) electrons. The number of hydrogen-bond acceptors (Lipinski definition) is 12. The fourth-order valence-electron chi connectivity index (χ4n) is 4.85. The number of hydrogen-bond donors (Lipinski definition) is 4. The molecule has 2 aromatic rings. The van der Waals surface area contributed by atoms with Crippen molar-refractivity contribution < 1.29 is 33.3 Å². The third kappa shape index (κ3) is 8.98. The van der Waals surface area contributed by atoms with Crippen LogP contribution in [0.15, 0.2) is 31.6 Å². The first-order valence-corrected chi connectivity index (χ1v) is 16.0. The van der Waals surface area contributed by atoms with Crippen molar-refractivity contribution in [1.29, 1.82) is 0 Å². The van der Waals surface area contributed by atoms with Gasteiger partial charge in [-0.05, 0) is 33.5 Å². The predicted octanol–water partition coefficient (Wildman–Crippen LogP) is -0.342. The van der Waals surface area contributed by atoms with Gasteiger partial charge in [-0.2, -0.15) is 0 Å². The molecule has 4 N–H and O–H groups in total. The smallest absolute Gasteiger partial charge is 0.330 e. The van der Waals surface area contributed by atoms with Crippen molar-refractivity contribution in [2.75, 3.05) is 32.8 Å². The van der Waals surface area contributed by atoms with E-state index < -0.39 is 80.1 Å². The van der Waals surface area contributed by atoms with Crippen molar-refractivity contribution in [2.45, 2.75) is 84.3 Å². The second-order valence-corrected chi connectivity index (χ2v) is 12.1. The van der Waals surface area contributed by atoms with E-state index in [1.807, 2.05) is 0 Å². The molecule has 44 heavy (non-hydrogen) atoms. The number of rotatable bonds is 11. The van der Waals surface area contributed by atoms with Gasteiger partial charge >= 0.3 is 11.4 Å². The molecule has 0 aromatic carbocycles. The Hall–Kier alpha value is -2.63. The molecule has 0 amide bonds. The second-order valence-electron chi connectivity index (χ2n) is 10.5. The molecular formula is C26H41BN5O11P. The van der Waals surface area contributed by atoms with E-state index in [4.69, 9.17) is 26.1 Å². The van der Waals surface area contributed by atoms with Crippen LogP contribution in [-0.4, -0.2) is 99.0 Å². The van der Waals surface area contributed by atoms with Crippen molar-refractivity contribution in [3.05, 3.63) is 65.2 Å². The molecule has 0 saturated carbocycles. The van der Waals surface area contributed by atoms with Gasteiger partial charge in [-0.25, -0.2) is 9.59 Å². The Morgan fingerprint density at radius 3 is 1.86 bits per heavy atom. The number of aryl methyl sites for hydroxylation is 2. The molecule has 18 heteroatoms. The number of aromatic amines is 2. The van der Waals surface area contributed by atoms with E-state index in [-0.39, 0.29) is 24.0 Å². The van der Waals surface area contributed by atoms with E-state index in [9.17, 15) is 34.0 Å². The van der Waals surface area contributed by atoms with E-state index in [1.54, 1.807) is 0 Å². The number of ether oxygens (including phenoxy) is 2. The molecule has 4 heterocycles. The van der Waals surface area contributed by atoms with Gasteiger partial charge in [-0.1, -0.05) is 20.8 Å². The number of H-pyrrole nitrogens is 2. The van der Waals surface area contributed by atoms with Crippen LogP contribution in [0.3, 0.4) is 0 Å². The summed E-state index contributed by atoms with van der Waals surface area (Å²) in [4.78, 5) is 54.2. The van der Waals surface area contributed by atoms with Crippen molar-refractivity contribution in [3.8, 4) is 0 Å². The third-order valence-corrected chi connectivity index (χ3v) is 8.59. The van der Waals surface area contributed by atoms with Gasteiger partial charge in [0.1, 0.15) is 24.7 Å². The minimum atomic E-state index is -4.28. The Bertz CT molecular complexity index is 1530. The maximum Gasteiger partial charge on any atom is 0.330 e. The molecule has 16 nitrogen and oxygen atoms in total.